The minimum absolute atomic E-state index is 0.317. The molecule has 2 heterocycles. The normalized spacial score (nSPS) is 14.2. The molecule has 0 aliphatic carbocycles. The fraction of sp³-hybridized carbons (Fsp3) is 0.357. The van der Waals surface area contributed by atoms with E-state index in [4.69, 9.17) is 14.6 Å². The molecule has 1 aliphatic rings. The number of aliphatic hydroxyl groups is 1. The van der Waals surface area contributed by atoms with E-state index < -0.39 is 19.1 Å². The monoisotopic (exact) mass is 296 g/mol. The zero-order valence-electron chi connectivity index (χ0n) is 11.1. The summed E-state index contributed by atoms with van der Waals surface area (Å²) in [4.78, 5) is 4.07. The standard InChI is InChI=1S/C14H14F2N2O3/c15-14(16,8-19)7-18-13-10-6-12-11(20-3-4-21-12)5-9(10)1-2-17-13/h1-2,5-6,19H,3-4,7-8H2,(H,17,18). The molecule has 1 aromatic heterocycles. The second kappa shape index (κ2) is 5.33. The van der Waals surface area contributed by atoms with Gasteiger partial charge in [0, 0.05) is 11.6 Å². The Labute approximate surface area is 119 Å². The second-order valence-corrected chi connectivity index (χ2v) is 4.74. The lowest BCUT2D eigenvalue weighted by Gasteiger charge is -2.20. The van der Waals surface area contributed by atoms with Crippen LogP contribution in [-0.2, 0) is 0 Å². The van der Waals surface area contributed by atoms with E-state index >= 15 is 0 Å². The maximum Gasteiger partial charge on any atom is 0.287 e. The molecule has 21 heavy (non-hydrogen) atoms. The predicted molar refractivity (Wildman–Crippen MR) is 73.3 cm³/mol. The van der Waals surface area contributed by atoms with Crippen LogP contribution in [0.3, 0.4) is 0 Å². The largest absolute Gasteiger partial charge is 0.486 e. The Morgan fingerprint density at radius 2 is 1.95 bits per heavy atom. The van der Waals surface area contributed by atoms with Crippen LogP contribution >= 0.6 is 0 Å². The maximum absolute atomic E-state index is 13.1. The number of aromatic nitrogens is 1. The Hall–Kier alpha value is -2.15. The Bertz CT molecular complexity index is 664. The first-order chi connectivity index (χ1) is 10.1. The molecular weight excluding hydrogens is 282 g/mol. The second-order valence-electron chi connectivity index (χ2n) is 4.74. The lowest BCUT2D eigenvalue weighted by Crippen LogP contribution is -2.31. The van der Waals surface area contributed by atoms with Gasteiger partial charge in [-0.25, -0.2) is 13.8 Å². The molecule has 1 aliphatic heterocycles. The summed E-state index contributed by atoms with van der Waals surface area (Å²) in [6, 6.07) is 5.28. The molecule has 2 aromatic rings. The number of rotatable bonds is 4. The first kappa shape index (κ1) is 13.8. The third-order valence-corrected chi connectivity index (χ3v) is 3.17. The van der Waals surface area contributed by atoms with Crippen LogP contribution in [-0.4, -0.2) is 42.4 Å². The van der Waals surface area contributed by atoms with Gasteiger partial charge in [-0.2, -0.15) is 0 Å². The smallest absolute Gasteiger partial charge is 0.287 e. The van der Waals surface area contributed by atoms with E-state index in [2.05, 4.69) is 10.3 Å². The molecule has 0 bridgehead atoms. The number of nitrogens with one attached hydrogen (secondary N) is 1. The highest BCUT2D eigenvalue weighted by Gasteiger charge is 2.27. The van der Waals surface area contributed by atoms with Crippen LogP contribution < -0.4 is 14.8 Å². The van der Waals surface area contributed by atoms with Crippen molar-refractivity contribution < 1.29 is 23.4 Å². The topological polar surface area (TPSA) is 63.6 Å². The van der Waals surface area contributed by atoms with Crippen molar-refractivity contribution in [3.63, 3.8) is 0 Å². The number of fused-ring (bicyclic) bond motifs is 2. The summed E-state index contributed by atoms with van der Waals surface area (Å²) < 4.78 is 37.2. The number of alkyl halides is 2. The van der Waals surface area contributed by atoms with Crippen molar-refractivity contribution >= 4 is 16.6 Å². The molecule has 0 radical (unpaired) electrons. The van der Waals surface area contributed by atoms with Crippen LogP contribution in [0.2, 0.25) is 0 Å². The highest BCUT2D eigenvalue weighted by molar-refractivity contribution is 5.94. The predicted octanol–water partition coefficient (Wildman–Crippen LogP) is 2.05. The molecule has 0 spiro atoms. The molecule has 3 rings (SSSR count). The molecule has 112 valence electrons. The molecule has 5 nitrogen and oxygen atoms in total. The lowest BCUT2D eigenvalue weighted by molar-refractivity contribution is -0.0373. The third kappa shape index (κ3) is 2.82. The average Bonchev–Trinajstić information content (AvgIpc) is 2.51. The fourth-order valence-electron chi connectivity index (χ4n) is 2.12. The molecule has 1 aromatic carbocycles. The summed E-state index contributed by atoms with van der Waals surface area (Å²) in [5.41, 5.74) is 0. The van der Waals surface area contributed by atoms with Crippen molar-refractivity contribution in [1.82, 2.24) is 4.98 Å². The number of anilines is 1. The van der Waals surface area contributed by atoms with Gasteiger partial charge >= 0.3 is 0 Å². The van der Waals surface area contributed by atoms with E-state index in [1.165, 1.54) is 6.20 Å². The van der Waals surface area contributed by atoms with Crippen LogP contribution in [0.5, 0.6) is 11.5 Å². The first-order valence-electron chi connectivity index (χ1n) is 6.50. The van der Waals surface area contributed by atoms with Crippen LogP contribution in [0, 0.1) is 0 Å². The molecule has 0 saturated heterocycles. The van der Waals surface area contributed by atoms with Crippen molar-refractivity contribution in [3.05, 3.63) is 24.4 Å². The zero-order chi connectivity index (χ0) is 14.9. The van der Waals surface area contributed by atoms with Crippen LogP contribution in [0.15, 0.2) is 24.4 Å². The van der Waals surface area contributed by atoms with Gasteiger partial charge in [-0.05, 0) is 23.6 Å². The van der Waals surface area contributed by atoms with Gasteiger partial charge in [-0.3, -0.25) is 0 Å². The van der Waals surface area contributed by atoms with Crippen molar-refractivity contribution in [1.29, 1.82) is 0 Å². The minimum atomic E-state index is -3.20. The van der Waals surface area contributed by atoms with Gasteiger partial charge in [0.05, 0.1) is 6.54 Å². The Balaban J connectivity index is 1.95. The maximum atomic E-state index is 13.1. The molecule has 2 N–H and O–H groups in total. The SMILES string of the molecule is OCC(F)(F)CNc1nccc2cc3c(cc12)OCCO3. The summed E-state index contributed by atoms with van der Waals surface area (Å²) in [7, 11) is 0. The fourth-order valence-corrected chi connectivity index (χ4v) is 2.12. The Morgan fingerprint density at radius 3 is 2.67 bits per heavy atom. The summed E-state index contributed by atoms with van der Waals surface area (Å²) in [5, 5.41) is 12.6. The summed E-state index contributed by atoms with van der Waals surface area (Å²) in [6.07, 6.45) is 1.53. The van der Waals surface area contributed by atoms with Crippen molar-refractivity contribution in [3.8, 4) is 11.5 Å². The quantitative estimate of drug-likeness (QED) is 0.904. The zero-order valence-corrected chi connectivity index (χ0v) is 11.1. The van der Waals surface area contributed by atoms with Gasteiger partial charge in [0.2, 0.25) is 0 Å². The molecule has 7 heteroatoms. The highest BCUT2D eigenvalue weighted by Crippen LogP contribution is 2.36. The molecule has 0 atom stereocenters. The number of benzene rings is 1. The van der Waals surface area contributed by atoms with Crippen molar-refractivity contribution in [2.24, 2.45) is 0 Å². The number of ether oxygens (including phenoxy) is 2. The van der Waals surface area contributed by atoms with E-state index in [0.29, 0.717) is 35.9 Å². The first-order valence-corrected chi connectivity index (χ1v) is 6.50. The number of nitrogens with zero attached hydrogens (tertiary/aromatic N) is 1. The van der Waals surface area contributed by atoms with Crippen LogP contribution in [0.4, 0.5) is 14.6 Å². The third-order valence-electron chi connectivity index (χ3n) is 3.17. The highest BCUT2D eigenvalue weighted by atomic mass is 19.3. The Kier molecular flexibility index (Phi) is 3.50. The van der Waals surface area contributed by atoms with Gasteiger partial charge in [-0.1, -0.05) is 0 Å². The van der Waals surface area contributed by atoms with E-state index in [9.17, 15) is 8.78 Å². The summed E-state index contributed by atoms with van der Waals surface area (Å²) in [6.45, 7) is -0.970. The van der Waals surface area contributed by atoms with Crippen LogP contribution in [0.1, 0.15) is 0 Å². The van der Waals surface area contributed by atoms with Crippen molar-refractivity contribution in [2.45, 2.75) is 5.92 Å². The number of hydrogen-bond donors (Lipinski definition) is 2. The van der Waals surface area contributed by atoms with Gasteiger partial charge < -0.3 is 19.9 Å². The van der Waals surface area contributed by atoms with E-state index in [-0.39, 0.29) is 0 Å². The number of aliphatic hydroxyl groups excluding tert-OH is 1. The van der Waals surface area contributed by atoms with E-state index in [1.54, 1.807) is 18.2 Å². The number of hydrogen-bond acceptors (Lipinski definition) is 5. The van der Waals surface area contributed by atoms with Crippen molar-refractivity contribution in [2.75, 3.05) is 31.7 Å². The summed E-state index contributed by atoms with van der Waals surface area (Å²) in [5.74, 6) is -1.68. The van der Waals surface area contributed by atoms with Gasteiger partial charge in [0.25, 0.3) is 5.92 Å². The molecule has 0 saturated carbocycles. The molecular formula is C14H14F2N2O3. The van der Waals surface area contributed by atoms with E-state index in [1.807, 2.05) is 0 Å². The van der Waals surface area contributed by atoms with Gasteiger partial charge in [-0.15, -0.1) is 0 Å². The molecule has 0 fully saturated rings. The van der Waals surface area contributed by atoms with Gasteiger partial charge in [0.15, 0.2) is 11.5 Å². The average molecular weight is 296 g/mol. The minimum Gasteiger partial charge on any atom is -0.486 e. The van der Waals surface area contributed by atoms with Gasteiger partial charge in [0.1, 0.15) is 25.6 Å². The molecule has 0 amide bonds. The number of halogens is 2. The van der Waals surface area contributed by atoms with Crippen LogP contribution in [0.25, 0.3) is 10.8 Å². The van der Waals surface area contributed by atoms with E-state index in [0.717, 1.165) is 5.39 Å². The summed E-state index contributed by atoms with van der Waals surface area (Å²) >= 11 is 0. The Morgan fingerprint density at radius 1 is 1.24 bits per heavy atom. The molecule has 0 unspecified atom stereocenters. The number of pyridine rings is 1. The lowest BCUT2D eigenvalue weighted by atomic mass is 10.1.